The molecular weight excluding hydrogens is 228 g/mol. The number of ether oxygens (including phenoxy) is 2. The Labute approximate surface area is 105 Å². The fraction of sp³-hybridized carbons (Fsp3) is 0.143. The van der Waals surface area contributed by atoms with Crippen LogP contribution in [0.3, 0.4) is 0 Å². The molecule has 2 heterocycles. The van der Waals surface area contributed by atoms with Gasteiger partial charge in [0.2, 0.25) is 12.5 Å². The van der Waals surface area contributed by atoms with Crippen molar-refractivity contribution in [1.29, 1.82) is 0 Å². The predicted octanol–water partition coefficient (Wildman–Crippen LogP) is 2.45. The quantitative estimate of drug-likeness (QED) is 0.802. The Hall–Kier alpha value is -2.36. The highest BCUT2D eigenvalue weighted by atomic mass is 16.6. The summed E-state index contributed by atoms with van der Waals surface area (Å²) in [5.74, 6) is 1.66. The van der Waals surface area contributed by atoms with E-state index < -0.39 is 0 Å². The second-order valence-electron chi connectivity index (χ2n) is 4.27. The molecular formula is C14H11N2O2. The van der Waals surface area contributed by atoms with Gasteiger partial charge < -0.3 is 20.1 Å². The number of nitrogens with one attached hydrogen (secondary N) is 2. The Morgan fingerprint density at radius 1 is 0.889 bits per heavy atom. The van der Waals surface area contributed by atoms with Crippen molar-refractivity contribution in [2.45, 2.75) is 12.5 Å². The van der Waals surface area contributed by atoms with Gasteiger partial charge in [-0.2, -0.15) is 0 Å². The monoisotopic (exact) mass is 239 g/mol. The molecule has 2 aliphatic heterocycles. The van der Waals surface area contributed by atoms with Crippen LogP contribution in [0.25, 0.3) is 0 Å². The zero-order chi connectivity index (χ0) is 11.9. The average Bonchev–Trinajstić information content (AvgIpc) is 3.02. The van der Waals surface area contributed by atoms with Crippen molar-refractivity contribution in [3.63, 3.8) is 0 Å². The van der Waals surface area contributed by atoms with Crippen LogP contribution in [0.5, 0.6) is 11.5 Å². The van der Waals surface area contributed by atoms with E-state index in [2.05, 4.69) is 16.7 Å². The molecule has 0 spiro atoms. The van der Waals surface area contributed by atoms with E-state index in [1.807, 2.05) is 42.5 Å². The summed E-state index contributed by atoms with van der Waals surface area (Å²) < 4.78 is 11.6. The van der Waals surface area contributed by atoms with Crippen molar-refractivity contribution in [3.8, 4) is 11.5 Å². The summed E-state index contributed by atoms with van der Waals surface area (Å²) in [5, 5.41) is 6.53. The van der Waals surface area contributed by atoms with Crippen molar-refractivity contribution in [1.82, 2.24) is 0 Å². The molecule has 0 saturated heterocycles. The van der Waals surface area contributed by atoms with Gasteiger partial charge in [0.1, 0.15) is 11.5 Å². The van der Waals surface area contributed by atoms with E-state index in [1.165, 1.54) is 0 Å². The van der Waals surface area contributed by atoms with E-state index in [9.17, 15) is 0 Å². The molecule has 0 bridgehead atoms. The van der Waals surface area contributed by atoms with Crippen LogP contribution in [0, 0.1) is 6.07 Å². The van der Waals surface area contributed by atoms with E-state index in [-0.39, 0.29) is 12.5 Å². The smallest absolute Gasteiger partial charge is 0.226 e. The highest BCUT2D eigenvalue weighted by Gasteiger charge is 2.35. The zero-order valence-corrected chi connectivity index (χ0v) is 9.51. The molecule has 2 aromatic rings. The molecule has 2 aliphatic rings. The number of benzene rings is 2. The van der Waals surface area contributed by atoms with Gasteiger partial charge in [-0.25, -0.2) is 0 Å². The van der Waals surface area contributed by atoms with Crippen LogP contribution < -0.4 is 20.1 Å². The Morgan fingerprint density at radius 2 is 1.67 bits per heavy atom. The third-order valence-electron chi connectivity index (χ3n) is 3.07. The molecule has 4 rings (SSSR count). The van der Waals surface area contributed by atoms with E-state index in [0.29, 0.717) is 0 Å². The summed E-state index contributed by atoms with van der Waals surface area (Å²) in [7, 11) is 0. The molecule has 0 aromatic heterocycles. The second kappa shape index (κ2) is 3.57. The number of anilines is 2. The minimum absolute atomic E-state index is 0.233. The molecule has 0 fully saturated rings. The molecule has 2 aromatic carbocycles. The van der Waals surface area contributed by atoms with Crippen LogP contribution in [0.15, 0.2) is 42.5 Å². The van der Waals surface area contributed by atoms with Gasteiger partial charge in [-0.1, -0.05) is 24.3 Å². The van der Waals surface area contributed by atoms with Gasteiger partial charge in [0.25, 0.3) is 0 Å². The highest BCUT2D eigenvalue weighted by Crippen LogP contribution is 2.37. The van der Waals surface area contributed by atoms with Crippen molar-refractivity contribution in [2.24, 2.45) is 0 Å². The van der Waals surface area contributed by atoms with Crippen LogP contribution in [-0.2, 0) is 0 Å². The van der Waals surface area contributed by atoms with Gasteiger partial charge in [-0.05, 0) is 18.2 Å². The first-order chi connectivity index (χ1) is 8.90. The van der Waals surface area contributed by atoms with Crippen LogP contribution >= 0.6 is 0 Å². The Kier molecular flexibility index (Phi) is 1.91. The first kappa shape index (κ1) is 9.65. The fourth-order valence-electron chi connectivity index (χ4n) is 2.22. The van der Waals surface area contributed by atoms with Crippen LogP contribution in [-0.4, -0.2) is 12.5 Å². The Morgan fingerprint density at radius 3 is 2.56 bits per heavy atom. The maximum atomic E-state index is 5.81. The maximum Gasteiger partial charge on any atom is 0.226 e. The third-order valence-corrected chi connectivity index (χ3v) is 3.07. The van der Waals surface area contributed by atoms with Crippen LogP contribution in [0.1, 0.15) is 0 Å². The van der Waals surface area contributed by atoms with E-state index >= 15 is 0 Å². The molecule has 2 unspecified atom stereocenters. The molecule has 1 radical (unpaired) electrons. The largest absolute Gasteiger partial charge is 0.462 e. The summed E-state index contributed by atoms with van der Waals surface area (Å²) in [4.78, 5) is 0. The zero-order valence-electron chi connectivity index (χ0n) is 9.51. The minimum Gasteiger partial charge on any atom is -0.462 e. The molecule has 4 nitrogen and oxygen atoms in total. The lowest BCUT2D eigenvalue weighted by molar-refractivity contribution is 0.113. The molecule has 2 N–H and O–H groups in total. The highest BCUT2D eigenvalue weighted by molar-refractivity contribution is 5.63. The van der Waals surface area contributed by atoms with Gasteiger partial charge in [0.15, 0.2) is 0 Å². The van der Waals surface area contributed by atoms with E-state index in [1.54, 1.807) is 0 Å². The maximum absolute atomic E-state index is 5.81. The van der Waals surface area contributed by atoms with Gasteiger partial charge in [0.05, 0.1) is 11.4 Å². The van der Waals surface area contributed by atoms with Crippen molar-refractivity contribution in [2.75, 3.05) is 10.6 Å². The topological polar surface area (TPSA) is 42.5 Å². The summed E-state index contributed by atoms with van der Waals surface area (Å²) >= 11 is 0. The number of fused-ring (bicyclic) bond motifs is 2. The number of rotatable bonds is 1. The SMILES string of the molecule is [c]1cccc2c1NC(C1Nc3ccccc3O1)O2. The van der Waals surface area contributed by atoms with Crippen LogP contribution in [0.2, 0.25) is 0 Å². The van der Waals surface area contributed by atoms with Gasteiger partial charge in [-0.15, -0.1) is 0 Å². The van der Waals surface area contributed by atoms with E-state index in [4.69, 9.17) is 9.47 Å². The summed E-state index contributed by atoms with van der Waals surface area (Å²) in [6.45, 7) is 0. The summed E-state index contributed by atoms with van der Waals surface area (Å²) in [6.07, 6.45) is -0.478. The molecule has 89 valence electrons. The molecule has 2 atom stereocenters. The number of hydrogen-bond donors (Lipinski definition) is 2. The molecule has 0 saturated carbocycles. The number of hydrogen-bond acceptors (Lipinski definition) is 4. The first-order valence-electron chi connectivity index (χ1n) is 5.86. The lowest BCUT2D eigenvalue weighted by Crippen LogP contribution is -2.41. The number of para-hydroxylation sites is 3. The summed E-state index contributed by atoms with van der Waals surface area (Å²) in [6, 6.07) is 16.6. The standard InChI is InChI=1S/C14H11N2O2/c1-3-7-11-9(5-1)15-13(17-11)14-16-10-6-2-4-8-12(10)18-14/h1-5,7-8,13-16H. The van der Waals surface area contributed by atoms with Gasteiger partial charge >= 0.3 is 0 Å². The minimum atomic E-state index is -0.244. The fourth-order valence-corrected chi connectivity index (χ4v) is 2.22. The van der Waals surface area contributed by atoms with Crippen molar-refractivity contribution < 1.29 is 9.47 Å². The van der Waals surface area contributed by atoms with Crippen LogP contribution in [0.4, 0.5) is 11.4 Å². The molecule has 0 amide bonds. The summed E-state index contributed by atoms with van der Waals surface area (Å²) in [5.41, 5.74) is 1.87. The van der Waals surface area contributed by atoms with Gasteiger partial charge in [-0.3, -0.25) is 0 Å². The first-order valence-corrected chi connectivity index (χ1v) is 5.86. The van der Waals surface area contributed by atoms with Crippen molar-refractivity contribution in [3.05, 3.63) is 48.5 Å². The third kappa shape index (κ3) is 1.39. The Bertz CT molecular complexity index is 496. The lowest BCUT2D eigenvalue weighted by Gasteiger charge is -2.18. The predicted molar refractivity (Wildman–Crippen MR) is 67.8 cm³/mol. The lowest BCUT2D eigenvalue weighted by atomic mass is 10.3. The molecule has 4 heteroatoms. The van der Waals surface area contributed by atoms with E-state index in [0.717, 1.165) is 22.9 Å². The average molecular weight is 239 g/mol. The van der Waals surface area contributed by atoms with Gasteiger partial charge in [0, 0.05) is 6.07 Å². The second-order valence-corrected chi connectivity index (χ2v) is 4.27. The molecule has 0 aliphatic carbocycles. The Balaban J connectivity index is 1.56. The van der Waals surface area contributed by atoms with Crippen molar-refractivity contribution >= 4 is 11.4 Å². The normalized spacial score (nSPS) is 23.1. The molecule has 18 heavy (non-hydrogen) atoms.